The van der Waals surface area contributed by atoms with Gasteiger partial charge in [0.2, 0.25) is 0 Å². The molecule has 0 aliphatic heterocycles. The van der Waals surface area contributed by atoms with E-state index in [0.29, 0.717) is 15.3 Å². The van der Waals surface area contributed by atoms with Crippen molar-refractivity contribution in [3.05, 3.63) is 44.1 Å². The molecule has 0 spiro atoms. The lowest BCUT2D eigenvalue weighted by Crippen LogP contribution is -2.03. The van der Waals surface area contributed by atoms with Crippen LogP contribution in [0.1, 0.15) is 46.3 Å². The molecule has 132 valence electrons. The average Bonchev–Trinajstić information content (AvgIpc) is 3.32. The van der Waals surface area contributed by atoms with E-state index in [4.69, 9.17) is 13.6 Å². The van der Waals surface area contributed by atoms with Gasteiger partial charge in [0.1, 0.15) is 4.88 Å². The summed E-state index contributed by atoms with van der Waals surface area (Å²) in [7, 11) is 0. The van der Waals surface area contributed by atoms with Gasteiger partial charge in [0.25, 0.3) is 11.8 Å². The second-order valence-electron chi connectivity index (χ2n) is 5.34. The molecule has 0 N–H and O–H groups in total. The quantitative estimate of drug-likeness (QED) is 0.495. The minimum atomic E-state index is -0.373. The van der Waals surface area contributed by atoms with Gasteiger partial charge in [-0.15, -0.1) is 21.5 Å². The van der Waals surface area contributed by atoms with Crippen molar-refractivity contribution in [2.75, 3.05) is 0 Å². The number of hydrogen-bond acceptors (Lipinski definition) is 7. The number of halogens is 1. The minimum absolute atomic E-state index is 0.0732. The van der Waals surface area contributed by atoms with Gasteiger partial charge in [0, 0.05) is 4.88 Å². The molecule has 0 bridgehead atoms. The first-order valence-electron chi connectivity index (χ1n) is 7.97. The van der Waals surface area contributed by atoms with Gasteiger partial charge in [0.15, 0.2) is 17.0 Å². The second kappa shape index (κ2) is 7.97. The Balaban J connectivity index is 1.63. The summed E-state index contributed by atoms with van der Waals surface area (Å²) in [6.07, 6.45) is 2.94. The molecular weight excluding hydrogens is 408 g/mol. The maximum Gasteiger partial charge on any atom is 0.348 e. The lowest BCUT2D eigenvalue weighted by atomic mass is 10.1. The maximum absolute atomic E-state index is 12.3. The SMILES string of the molecule is CCCc1sc(C(=O)OCc2nnc(-c3ccc(Br)o3)o2)cc1CC. The fourth-order valence-corrected chi connectivity index (χ4v) is 3.90. The van der Waals surface area contributed by atoms with Crippen LogP contribution >= 0.6 is 27.3 Å². The summed E-state index contributed by atoms with van der Waals surface area (Å²) in [6, 6.07) is 5.35. The van der Waals surface area contributed by atoms with Crippen LogP contribution in [0.2, 0.25) is 0 Å². The summed E-state index contributed by atoms with van der Waals surface area (Å²) in [6.45, 7) is 4.14. The van der Waals surface area contributed by atoms with E-state index in [1.165, 1.54) is 21.8 Å². The maximum atomic E-state index is 12.3. The summed E-state index contributed by atoms with van der Waals surface area (Å²) in [5.74, 6) is 0.540. The summed E-state index contributed by atoms with van der Waals surface area (Å²) < 4.78 is 16.7. The predicted octanol–water partition coefficient (Wildman–Crippen LogP) is 5.03. The number of carbonyl (C=O) groups is 1. The van der Waals surface area contributed by atoms with Gasteiger partial charge in [-0.3, -0.25) is 0 Å². The summed E-state index contributed by atoms with van der Waals surface area (Å²) in [4.78, 5) is 14.1. The third-order valence-corrected chi connectivity index (χ3v) is 5.18. The van der Waals surface area contributed by atoms with Gasteiger partial charge >= 0.3 is 5.97 Å². The van der Waals surface area contributed by atoms with Crippen LogP contribution in [0.15, 0.2) is 31.7 Å². The third kappa shape index (κ3) is 4.19. The Morgan fingerprint density at radius 3 is 2.80 bits per heavy atom. The molecule has 0 radical (unpaired) electrons. The number of nitrogens with zero attached hydrogens (tertiary/aromatic N) is 2. The molecule has 0 atom stereocenters. The molecule has 6 nitrogen and oxygen atoms in total. The highest BCUT2D eigenvalue weighted by molar-refractivity contribution is 9.10. The van der Waals surface area contributed by atoms with Crippen LogP contribution in [0.5, 0.6) is 0 Å². The molecule has 3 heterocycles. The van der Waals surface area contributed by atoms with E-state index < -0.39 is 0 Å². The van der Waals surface area contributed by atoms with E-state index in [-0.39, 0.29) is 24.4 Å². The largest absolute Gasteiger partial charge is 0.451 e. The van der Waals surface area contributed by atoms with E-state index in [9.17, 15) is 4.79 Å². The number of ether oxygens (including phenoxy) is 1. The molecule has 0 unspecified atom stereocenters. The van der Waals surface area contributed by atoms with Gasteiger partial charge in [0.05, 0.1) is 0 Å². The number of thiophene rings is 1. The van der Waals surface area contributed by atoms with Crippen LogP contribution in [0, 0.1) is 0 Å². The molecule has 25 heavy (non-hydrogen) atoms. The van der Waals surface area contributed by atoms with Gasteiger partial charge in [-0.05, 0) is 52.5 Å². The molecule has 0 aliphatic rings. The molecule has 3 rings (SSSR count). The average molecular weight is 425 g/mol. The van der Waals surface area contributed by atoms with Gasteiger partial charge < -0.3 is 13.6 Å². The van der Waals surface area contributed by atoms with Gasteiger partial charge in [-0.2, -0.15) is 0 Å². The molecule has 0 saturated carbocycles. The monoisotopic (exact) mass is 424 g/mol. The molecule has 3 aromatic heterocycles. The van der Waals surface area contributed by atoms with E-state index in [2.05, 4.69) is 40.0 Å². The highest BCUT2D eigenvalue weighted by Crippen LogP contribution is 2.26. The first-order chi connectivity index (χ1) is 12.1. The number of esters is 1. The summed E-state index contributed by atoms with van der Waals surface area (Å²) in [5.41, 5.74) is 1.21. The van der Waals surface area contributed by atoms with Gasteiger partial charge in [-0.1, -0.05) is 20.3 Å². The minimum Gasteiger partial charge on any atom is -0.451 e. The molecule has 3 aromatic rings. The predicted molar refractivity (Wildman–Crippen MR) is 96.5 cm³/mol. The van der Waals surface area contributed by atoms with Crippen LogP contribution in [0.25, 0.3) is 11.7 Å². The highest BCUT2D eigenvalue weighted by atomic mass is 79.9. The number of furan rings is 1. The molecule has 8 heteroatoms. The van der Waals surface area contributed by atoms with Crippen LogP contribution in [0.4, 0.5) is 0 Å². The van der Waals surface area contributed by atoms with Crippen molar-refractivity contribution in [1.82, 2.24) is 10.2 Å². The fourth-order valence-electron chi connectivity index (χ4n) is 2.34. The third-order valence-electron chi connectivity index (χ3n) is 3.53. The Bertz CT molecular complexity index is 868. The van der Waals surface area contributed by atoms with Crippen LogP contribution in [-0.2, 0) is 24.2 Å². The van der Waals surface area contributed by atoms with Crippen molar-refractivity contribution in [2.45, 2.75) is 39.7 Å². The zero-order valence-electron chi connectivity index (χ0n) is 13.9. The van der Waals surface area contributed by atoms with Crippen LogP contribution < -0.4 is 0 Å². The van der Waals surface area contributed by atoms with Crippen molar-refractivity contribution >= 4 is 33.2 Å². The molecule has 0 aromatic carbocycles. The number of rotatable bonds is 7. The Hall–Kier alpha value is -1.93. The fraction of sp³-hybridized carbons (Fsp3) is 0.353. The summed E-state index contributed by atoms with van der Waals surface area (Å²) in [5, 5.41) is 7.76. The zero-order chi connectivity index (χ0) is 17.8. The normalized spacial score (nSPS) is 11.0. The number of hydrogen-bond donors (Lipinski definition) is 0. The van der Waals surface area contributed by atoms with Gasteiger partial charge in [-0.25, -0.2) is 4.79 Å². The zero-order valence-corrected chi connectivity index (χ0v) is 16.3. The van der Waals surface area contributed by atoms with Crippen molar-refractivity contribution in [2.24, 2.45) is 0 Å². The van der Waals surface area contributed by atoms with E-state index in [1.54, 1.807) is 12.1 Å². The standard InChI is InChI=1S/C17H17BrN2O4S/c1-3-5-12-10(4-2)8-13(25-12)17(21)22-9-15-19-20-16(24-15)11-6-7-14(18)23-11/h6-8H,3-5,9H2,1-2H3. The Kier molecular flexibility index (Phi) is 5.70. The smallest absolute Gasteiger partial charge is 0.348 e. The van der Waals surface area contributed by atoms with Crippen molar-refractivity contribution in [1.29, 1.82) is 0 Å². The highest BCUT2D eigenvalue weighted by Gasteiger charge is 2.17. The lowest BCUT2D eigenvalue weighted by molar-refractivity contribution is 0.0444. The number of carbonyl (C=O) groups excluding carboxylic acids is 1. The molecule has 0 amide bonds. The molecule has 0 fully saturated rings. The van der Waals surface area contributed by atoms with Crippen molar-refractivity contribution in [3.8, 4) is 11.7 Å². The Morgan fingerprint density at radius 2 is 2.12 bits per heavy atom. The lowest BCUT2D eigenvalue weighted by Gasteiger charge is -1.98. The Labute approximate surface area is 157 Å². The number of aryl methyl sites for hydroxylation is 2. The molecule has 0 saturated heterocycles. The molecular formula is C17H17BrN2O4S. The summed E-state index contributed by atoms with van der Waals surface area (Å²) >= 11 is 4.71. The van der Waals surface area contributed by atoms with E-state index >= 15 is 0 Å². The first-order valence-corrected chi connectivity index (χ1v) is 9.58. The van der Waals surface area contributed by atoms with E-state index in [1.807, 2.05) is 6.07 Å². The Morgan fingerprint density at radius 1 is 1.28 bits per heavy atom. The van der Waals surface area contributed by atoms with Crippen molar-refractivity contribution in [3.63, 3.8) is 0 Å². The topological polar surface area (TPSA) is 78.4 Å². The number of aromatic nitrogens is 2. The first kappa shape index (κ1) is 17.9. The van der Waals surface area contributed by atoms with Crippen LogP contribution in [0.3, 0.4) is 0 Å². The second-order valence-corrected chi connectivity index (χ2v) is 7.26. The van der Waals surface area contributed by atoms with Crippen molar-refractivity contribution < 1.29 is 18.4 Å². The van der Waals surface area contributed by atoms with Crippen LogP contribution in [-0.4, -0.2) is 16.2 Å². The van der Waals surface area contributed by atoms with E-state index in [0.717, 1.165) is 19.3 Å². The molecule has 0 aliphatic carbocycles.